The lowest BCUT2D eigenvalue weighted by Gasteiger charge is -2.21. The second-order valence-corrected chi connectivity index (χ2v) is 8.56. The second-order valence-electron chi connectivity index (χ2n) is 7.48. The normalized spacial score (nSPS) is 15.1. The maximum atomic E-state index is 13.1. The van der Waals surface area contributed by atoms with Gasteiger partial charge in [-0.05, 0) is 51.2 Å². The number of halogens is 3. The molecule has 3 aromatic heterocycles. The van der Waals surface area contributed by atoms with Crippen molar-refractivity contribution in [2.24, 2.45) is 0 Å². The predicted molar refractivity (Wildman–Crippen MR) is 111 cm³/mol. The average molecular weight is 450 g/mol. The first-order valence-electron chi connectivity index (χ1n) is 10.0. The predicted octanol–water partition coefficient (Wildman–Crippen LogP) is 5.73. The van der Waals surface area contributed by atoms with Gasteiger partial charge in [-0.15, -0.1) is 11.3 Å². The Balaban J connectivity index is 2.05. The van der Waals surface area contributed by atoms with Crippen LogP contribution in [-0.4, -0.2) is 27.7 Å². The van der Waals surface area contributed by atoms with Gasteiger partial charge in [0, 0.05) is 45.5 Å². The molecule has 1 N–H and O–H groups in total. The van der Waals surface area contributed by atoms with Gasteiger partial charge in [0.05, 0.1) is 0 Å². The number of aliphatic carboxylic acids is 1. The monoisotopic (exact) mass is 450 g/mol. The standard InChI is InChI=1S/C22H21F3N2O3S/c1-3-30-19(21(28)29)16-11(2)27-20-18(13-6-4-5-7-14(13)31-20)17(16)12-8-9-15(26-10-12)22(23,24)25/h8-10,19H,3-7H2,1-2H3,(H,28,29)/t19-/m0/s1. The van der Waals surface area contributed by atoms with Crippen molar-refractivity contribution in [3.05, 3.63) is 45.7 Å². The minimum atomic E-state index is -4.55. The van der Waals surface area contributed by atoms with E-state index in [1.54, 1.807) is 25.2 Å². The number of carbonyl (C=O) groups is 1. The molecule has 0 radical (unpaired) electrons. The van der Waals surface area contributed by atoms with Crippen LogP contribution in [-0.2, 0) is 28.5 Å². The third-order valence-electron chi connectivity index (χ3n) is 5.49. The zero-order chi connectivity index (χ0) is 22.3. The minimum absolute atomic E-state index is 0.168. The molecule has 0 spiro atoms. The molecule has 1 aliphatic carbocycles. The van der Waals surface area contributed by atoms with Crippen molar-refractivity contribution in [2.75, 3.05) is 6.61 Å². The maximum Gasteiger partial charge on any atom is 0.433 e. The molecule has 0 amide bonds. The molecule has 0 bridgehead atoms. The van der Waals surface area contributed by atoms with Crippen LogP contribution in [0, 0.1) is 6.92 Å². The topological polar surface area (TPSA) is 72.3 Å². The van der Waals surface area contributed by atoms with Crippen LogP contribution in [0.4, 0.5) is 13.2 Å². The number of aryl methyl sites for hydroxylation is 3. The fourth-order valence-corrected chi connectivity index (χ4v) is 5.51. The van der Waals surface area contributed by atoms with E-state index in [-0.39, 0.29) is 6.61 Å². The summed E-state index contributed by atoms with van der Waals surface area (Å²) in [6.45, 7) is 3.58. The van der Waals surface area contributed by atoms with Gasteiger partial charge in [-0.2, -0.15) is 13.2 Å². The largest absolute Gasteiger partial charge is 0.479 e. The van der Waals surface area contributed by atoms with Gasteiger partial charge < -0.3 is 9.84 Å². The van der Waals surface area contributed by atoms with E-state index in [0.717, 1.165) is 53.7 Å². The van der Waals surface area contributed by atoms with Gasteiger partial charge in [-0.25, -0.2) is 9.78 Å². The highest BCUT2D eigenvalue weighted by molar-refractivity contribution is 7.19. The Bertz CT molecular complexity index is 1140. The molecule has 3 aromatic rings. The summed E-state index contributed by atoms with van der Waals surface area (Å²) in [6.07, 6.45) is -0.853. The lowest BCUT2D eigenvalue weighted by Crippen LogP contribution is -2.18. The van der Waals surface area contributed by atoms with Crippen LogP contribution in [0.2, 0.25) is 0 Å². The summed E-state index contributed by atoms with van der Waals surface area (Å²) in [5.41, 5.74) is 1.96. The van der Waals surface area contributed by atoms with Crippen molar-refractivity contribution in [3.8, 4) is 11.1 Å². The second kappa shape index (κ2) is 8.20. The summed E-state index contributed by atoms with van der Waals surface area (Å²) < 4.78 is 44.7. The van der Waals surface area contributed by atoms with E-state index in [0.29, 0.717) is 22.4 Å². The van der Waals surface area contributed by atoms with Crippen LogP contribution in [0.25, 0.3) is 21.3 Å². The van der Waals surface area contributed by atoms with Gasteiger partial charge >= 0.3 is 12.1 Å². The number of carboxylic acid groups (broad SMARTS) is 1. The average Bonchev–Trinajstić information content (AvgIpc) is 3.08. The molecule has 0 aromatic carbocycles. The molecule has 0 fully saturated rings. The van der Waals surface area contributed by atoms with Crippen molar-refractivity contribution in [1.29, 1.82) is 0 Å². The molecule has 4 rings (SSSR count). The van der Waals surface area contributed by atoms with E-state index >= 15 is 0 Å². The molecular weight excluding hydrogens is 429 g/mol. The van der Waals surface area contributed by atoms with Crippen LogP contribution < -0.4 is 0 Å². The van der Waals surface area contributed by atoms with E-state index < -0.39 is 23.9 Å². The number of fused-ring (bicyclic) bond motifs is 3. The molecule has 31 heavy (non-hydrogen) atoms. The number of pyridine rings is 2. The first-order chi connectivity index (χ1) is 14.7. The molecule has 3 heterocycles. The molecule has 0 saturated carbocycles. The Morgan fingerprint density at radius 3 is 2.65 bits per heavy atom. The number of ether oxygens (including phenoxy) is 1. The Hall–Kier alpha value is -2.52. The molecule has 0 saturated heterocycles. The third-order valence-corrected chi connectivity index (χ3v) is 6.68. The van der Waals surface area contributed by atoms with Crippen LogP contribution in [0.5, 0.6) is 0 Å². The highest BCUT2D eigenvalue weighted by Crippen LogP contribution is 2.45. The van der Waals surface area contributed by atoms with Gasteiger partial charge in [-0.1, -0.05) is 6.07 Å². The van der Waals surface area contributed by atoms with Gasteiger partial charge in [-0.3, -0.25) is 4.98 Å². The van der Waals surface area contributed by atoms with Crippen molar-refractivity contribution < 1.29 is 27.8 Å². The number of thiophene rings is 1. The highest BCUT2D eigenvalue weighted by atomic mass is 32.1. The van der Waals surface area contributed by atoms with Crippen molar-refractivity contribution in [2.45, 2.75) is 51.8 Å². The molecule has 0 unspecified atom stereocenters. The van der Waals surface area contributed by atoms with Gasteiger partial charge in [0.15, 0.2) is 6.10 Å². The SMILES string of the molecule is CCO[C@H](C(=O)O)c1c(C)nc2sc3c(c2c1-c1ccc(C(F)(F)F)nc1)CCCC3. The smallest absolute Gasteiger partial charge is 0.433 e. The number of nitrogens with zero attached hydrogens (tertiary/aromatic N) is 2. The Labute approximate surface area is 180 Å². The fourth-order valence-electron chi connectivity index (χ4n) is 4.19. The number of hydrogen-bond donors (Lipinski definition) is 1. The summed E-state index contributed by atoms with van der Waals surface area (Å²) >= 11 is 1.57. The molecule has 164 valence electrons. The minimum Gasteiger partial charge on any atom is -0.479 e. The van der Waals surface area contributed by atoms with Crippen molar-refractivity contribution >= 4 is 27.5 Å². The highest BCUT2D eigenvalue weighted by Gasteiger charge is 2.34. The number of carboxylic acids is 1. The van der Waals surface area contributed by atoms with Gasteiger partial charge in [0.25, 0.3) is 0 Å². The summed E-state index contributed by atoms with van der Waals surface area (Å²) in [7, 11) is 0. The first-order valence-corrected chi connectivity index (χ1v) is 10.9. The van der Waals surface area contributed by atoms with Gasteiger partial charge in [0.1, 0.15) is 10.5 Å². The molecule has 5 nitrogen and oxygen atoms in total. The van der Waals surface area contributed by atoms with Crippen LogP contribution in [0.3, 0.4) is 0 Å². The summed E-state index contributed by atoms with van der Waals surface area (Å²) in [5, 5.41) is 10.7. The Morgan fingerprint density at radius 2 is 2.03 bits per heavy atom. The molecule has 0 aliphatic heterocycles. The molecule has 1 aliphatic rings. The molecular formula is C22H21F3N2O3S. The summed E-state index contributed by atoms with van der Waals surface area (Å²) in [5.74, 6) is -1.17. The lowest BCUT2D eigenvalue weighted by atomic mass is 9.88. The van der Waals surface area contributed by atoms with Crippen LogP contribution >= 0.6 is 11.3 Å². The van der Waals surface area contributed by atoms with E-state index in [2.05, 4.69) is 9.97 Å². The Kier molecular flexibility index (Phi) is 5.74. The maximum absolute atomic E-state index is 13.1. The molecule has 9 heteroatoms. The van der Waals surface area contributed by atoms with E-state index in [1.807, 2.05) is 0 Å². The van der Waals surface area contributed by atoms with Gasteiger partial charge in [0.2, 0.25) is 0 Å². The summed E-state index contributed by atoms with van der Waals surface area (Å²) in [6, 6.07) is 2.28. The van der Waals surface area contributed by atoms with E-state index in [1.165, 1.54) is 10.9 Å². The molecule has 1 atom stereocenters. The number of hydrogen-bond acceptors (Lipinski definition) is 5. The first kappa shape index (κ1) is 21.7. The third kappa shape index (κ3) is 3.92. The lowest BCUT2D eigenvalue weighted by molar-refractivity contribution is -0.150. The zero-order valence-corrected chi connectivity index (χ0v) is 17.9. The quantitative estimate of drug-likeness (QED) is 0.538. The van der Waals surface area contributed by atoms with Crippen molar-refractivity contribution in [3.63, 3.8) is 0 Å². The van der Waals surface area contributed by atoms with Crippen LogP contribution in [0.15, 0.2) is 18.3 Å². The number of alkyl halides is 3. The van der Waals surface area contributed by atoms with E-state index in [4.69, 9.17) is 4.74 Å². The number of rotatable bonds is 5. The Morgan fingerprint density at radius 1 is 1.29 bits per heavy atom. The zero-order valence-electron chi connectivity index (χ0n) is 17.0. The fraction of sp³-hybridized carbons (Fsp3) is 0.409. The van der Waals surface area contributed by atoms with E-state index in [9.17, 15) is 23.1 Å². The van der Waals surface area contributed by atoms with Crippen molar-refractivity contribution in [1.82, 2.24) is 9.97 Å². The van der Waals surface area contributed by atoms with Crippen LogP contribution in [0.1, 0.15) is 53.3 Å². The summed E-state index contributed by atoms with van der Waals surface area (Å²) in [4.78, 5) is 22.3. The number of aromatic nitrogens is 2.